The van der Waals surface area contributed by atoms with E-state index < -0.39 is 0 Å². The van der Waals surface area contributed by atoms with Crippen LogP contribution in [0.3, 0.4) is 0 Å². The van der Waals surface area contributed by atoms with Crippen LogP contribution in [0.1, 0.15) is 30.9 Å². The lowest BCUT2D eigenvalue weighted by Gasteiger charge is -2.38. The van der Waals surface area contributed by atoms with Gasteiger partial charge in [0.05, 0.1) is 12.5 Å². The molecule has 1 aromatic heterocycles. The van der Waals surface area contributed by atoms with Crippen molar-refractivity contribution in [1.82, 2.24) is 5.32 Å². The second-order valence-corrected chi connectivity index (χ2v) is 4.83. The number of fused-ring (bicyclic) bond motifs is 2. The molecule has 14 heavy (non-hydrogen) atoms. The molecule has 2 aliphatic rings. The monoisotopic (exact) mass is 191 g/mol. The maximum Gasteiger partial charge on any atom is 0.0943 e. The van der Waals surface area contributed by atoms with Crippen LogP contribution in [0, 0.1) is 5.92 Å². The van der Waals surface area contributed by atoms with Crippen molar-refractivity contribution in [1.29, 1.82) is 0 Å². The molecule has 76 valence electrons. The molecule has 1 saturated heterocycles. The number of hydrogen-bond acceptors (Lipinski definition) is 2. The van der Waals surface area contributed by atoms with Gasteiger partial charge in [-0.25, -0.2) is 0 Å². The topological polar surface area (TPSA) is 25.2 Å². The molecule has 1 N–H and O–H groups in total. The zero-order chi connectivity index (χ0) is 9.60. The minimum absolute atomic E-state index is 0.389. The van der Waals surface area contributed by atoms with Crippen molar-refractivity contribution in [2.75, 3.05) is 13.1 Å². The molecule has 2 nitrogen and oxygen atoms in total. The zero-order valence-electron chi connectivity index (χ0n) is 8.68. The highest BCUT2D eigenvalue weighted by molar-refractivity contribution is 5.35. The summed E-state index contributed by atoms with van der Waals surface area (Å²) in [6.45, 7) is 4.69. The van der Waals surface area contributed by atoms with Gasteiger partial charge in [-0.05, 0) is 37.3 Å². The summed E-state index contributed by atoms with van der Waals surface area (Å²) in [5.41, 5.74) is 3.33. The van der Waals surface area contributed by atoms with E-state index in [0.29, 0.717) is 5.41 Å². The molecule has 0 bridgehead atoms. The molecule has 2 unspecified atom stereocenters. The Labute approximate surface area is 84.7 Å². The largest absolute Gasteiger partial charge is 0.472 e. The van der Waals surface area contributed by atoms with E-state index >= 15 is 0 Å². The van der Waals surface area contributed by atoms with Crippen molar-refractivity contribution in [2.24, 2.45) is 5.92 Å². The van der Waals surface area contributed by atoms with Crippen LogP contribution in [-0.2, 0) is 11.8 Å². The molecule has 1 fully saturated rings. The summed E-state index contributed by atoms with van der Waals surface area (Å²) in [6, 6.07) is 0. The van der Waals surface area contributed by atoms with Crippen molar-refractivity contribution in [3.8, 4) is 0 Å². The number of aryl methyl sites for hydroxylation is 1. The molecule has 3 rings (SSSR count). The summed E-state index contributed by atoms with van der Waals surface area (Å²) < 4.78 is 5.37. The third kappa shape index (κ3) is 0.949. The standard InChI is InChI=1S/C12H17NO/c1-9-2-3-10-6-14-7-11(10)12(9)4-5-13-8-12/h6-7,9,13H,2-5,8H2,1H3. The fourth-order valence-electron chi connectivity index (χ4n) is 3.23. The first kappa shape index (κ1) is 8.54. The van der Waals surface area contributed by atoms with Gasteiger partial charge in [-0.2, -0.15) is 0 Å². The number of furan rings is 1. The van der Waals surface area contributed by atoms with Crippen LogP contribution < -0.4 is 5.32 Å². The smallest absolute Gasteiger partial charge is 0.0943 e. The Bertz CT molecular complexity index is 336. The normalized spacial score (nSPS) is 36.2. The highest BCUT2D eigenvalue weighted by atomic mass is 16.3. The van der Waals surface area contributed by atoms with E-state index in [9.17, 15) is 0 Å². The number of nitrogens with one attached hydrogen (secondary N) is 1. The third-order valence-electron chi connectivity index (χ3n) is 4.26. The maximum atomic E-state index is 5.37. The third-order valence-corrected chi connectivity index (χ3v) is 4.26. The summed E-state index contributed by atoms with van der Waals surface area (Å²) in [6.07, 6.45) is 7.73. The van der Waals surface area contributed by atoms with Crippen LogP contribution in [0.2, 0.25) is 0 Å². The van der Waals surface area contributed by atoms with Gasteiger partial charge in [0, 0.05) is 17.5 Å². The summed E-state index contributed by atoms with van der Waals surface area (Å²) in [7, 11) is 0. The SMILES string of the molecule is CC1CCc2cocc2C12CCNC2. The van der Waals surface area contributed by atoms with Gasteiger partial charge < -0.3 is 9.73 Å². The van der Waals surface area contributed by atoms with E-state index in [1.54, 1.807) is 0 Å². The Balaban J connectivity index is 2.11. The Hall–Kier alpha value is -0.760. The first-order valence-corrected chi connectivity index (χ1v) is 5.59. The van der Waals surface area contributed by atoms with E-state index in [2.05, 4.69) is 12.2 Å². The quantitative estimate of drug-likeness (QED) is 0.679. The summed E-state index contributed by atoms with van der Waals surface area (Å²) >= 11 is 0. The highest BCUT2D eigenvalue weighted by Crippen LogP contribution is 2.45. The second-order valence-electron chi connectivity index (χ2n) is 4.83. The van der Waals surface area contributed by atoms with Gasteiger partial charge in [-0.1, -0.05) is 6.92 Å². The van der Waals surface area contributed by atoms with Crippen LogP contribution in [0.5, 0.6) is 0 Å². The fraction of sp³-hybridized carbons (Fsp3) is 0.667. The lowest BCUT2D eigenvalue weighted by Crippen LogP contribution is -2.39. The molecule has 1 aromatic rings. The van der Waals surface area contributed by atoms with Gasteiger partial charge in [0.1, 0.15) is 0 Å². The number of rotatable bonds is 0. The van der Waals surface area contributed by atoms with Gasteiger partial charge in [-0.3, -0.25) is 0 Å². The van der Waals surface area contributed by atoms with E-state index in [4.69, 9.17) is 4.42 Å². The minimum atomic E-state index is 0.389. The van der Waals surface area contributed by atoms with Gasteiger partial charge in [0.15, 0.2) is 0 Å². The Morgan fingerprint density at radius 1 is 1.50 bits per heavy atom. The van der Waals surface area contributed by atoms with Crippen molar-refractivity contribution >= 4 is 0 Å². The van der Waals surface area contributed by atoms with Gasteiger partial charge >= 0.3 is 0 Å². The molecule has 1 aliphatic heterocycles. The van der Waals surface area contributed by atoms with Crippen molar-refractivity contribution in [3.05, 3.63) is 23.7 Å². The molecule has 0 aromatic carbocycles. The van der Waals surface area contributed by atoms with Gasteiger partial charge in [-0.15, -0.1) is 0 Å². The lowest BCUT2D eigenvalue weighted by molar-refractivity contribution is 0.275. The minimum Gasteiger partial charge on any atom is -0.472 e. The molecule has 1 aliphatic carbocycles. The van der Waals surface area contributed by atoms with E-state index in [1.165, 1.54) is 30.4 Å². The molecule has 2 heterocycles. The van der Waals surface area contributed by atoms with Crippen LogP contribution in [0.25, 0.3) is 0 Å². The molecule has 2 atom stereocenters. The van der Waals surface area contributed by atoms with E-state index in [-0.39, 0.29) is 0 Å². The molecule has 0 amide bonds. The van der Waals surface area contributed by atoms with Crippen LogP contribution in [-0.4, -0.2) is 13.1 Å². The van der Waals surface area contributed by atoms with Crippen LogP contribution in [0.4, 0.5) is 0 Å². The van der Waals surface area contributed by atoms with Crippen LogP contribution >= 0.6 is 0 Å². The molecule has 1 spiro atoms. The van der Waals surface area contributed by atoms with Crippen LogP contribution in [0.15, 0.2) is 16.9 Å². The van der Waals surface area contributed by atoms with E-state index in [0.717, 1.165) is 19.0 Å². The molecule has 0 radical (unpaired) electrons. The molecule has 2 heteroatoms. The fourth-order valence-corrected chi connectivity index (χ4v) is 3.23. The van der Waals surface area contributed by atoms with Crippen molar-refractivity contribution in [2.45, 2.75) is 31.6 Å². The van der Waals surface area contributed by atoms with Gasteiger partial charge in [0.25, 0.3) is 0 Å². The summed E-state index contributed by atoms with van der Waals surface area (Å²) in [5.74, 6) is 0.794. The van der Waals surface area contributed by atoms with E-state index in [1.807, 2.05) is 12.5 Å². The number of hydrogen-bond donors (Lipinski definition) is 1. The predicted molar refractivity (Wildman–Crippen MR) is 55.4 cm³/mol. The molecular weight excluding hydrogens is 174 g/mol. The lowest BCUT2D eigenvalue weighted by atomic mass is 9.64. The maximum absolute atomic E-state index is 5.37. The average Bonchev–Trinajstić information content (AvgIpc) is 2.82. The Morgan fingerprint density at radius 3 is 3.21 bits per heavy atom. The molecule has 0 saturated carbocycles. The Kier molecular flexibility index (Phi) is 1.75. The zero-order valence-corrected chi connectivity index (χ0v) is 8.68. The van der Waals surface area contributed by atoms with Gasteiger partial charge in [0.2, 0.25) is 0 Å². The highest BCUT2D eigenvalue weighted by Gasteiger charge is 2.44. The molecular formula is C12H17NO. The summed E-state index contributed by atoms with van der Waals surface area (Å²) in [4.78, 5) is 0. The first-order valence-electron chi connectivity index (χ1n) is 5.59. The van der Waals surface area contributed by atoms with Crippen molar-refractivity contribution < 1.29 is 4.42 Å². The predicted octanol–water partition coefficient (Wildman–Crippen LogP) is 2.09. The van der Waals surface area contributed by atoms with Crippen molar-refractivity contribution in [3.63, 3.8) is 0 Å². The summed E-state index contributed by atoms with van der Waals surface area (Å²) in [5, 5.41) is 3.50. The first-order chi connectivity index (χ1) is 6.83. The second kappa shape index (κ2) is 2.86. The average molecular weight is 191 g/mol. The Morgan fingerprint density at radius 2 is 2.43 bits per heavy atom.